The Morgan fingerprint density at radius 3 is 2.30 bits per heavy atom. The molecule has 2 aliphatic rings. The van der Waals surface area contributed by atoms with Crippen molar-refractivity contribution in [2.24, 2.45) is 17.8 Å². The van der Waals surface area contributed by atoms with Gasteiger partial charge in [-0.1, -0.05) is 13.8 Å². The van der Waals surface area contributed by atoms with E-state index < -0.39 is 0 Å². The number of carbonyl (C=O) groups is 1. The maximum atomic E-state index is 11.9. The molecule has 108 valence electrons. The number of nitrogens with one attached hydrogen (secondary N) is 1. The third-order valence-electron chi connectivity index (χ3n) is 4.73. The molecular formula is C17H24N2O. The van der Waals surface area contributed by atoms with Crippen molar-refractivity contribution in [3.8, 4) is 0 Å². The summed E-state index contributed by atoms with van der Waals surface area (Å²) in [5.41, 5.74) is 2.19. The minimum absolute atomic E-state index is 0.178. The number of carbonyl (C=O) groups excluding carboxylic acids is 1. The minimum Gasteiger partial charge on any atom is -0.372 e. The highest BCUT2D eigenvalue weighted by Crippen LogP contribution is 2.38. The lowest BCUT2D eigenvalue weighted by Gasteiger charge is -2.32. The van der Waals surface area contributed by atoms with Gasteiger partial charge in [0.2, 0.25) is 5.91 Å². The molecule has 1 aromatic rings. The monoisotopic (exact) mass is 272 g/mol. The average molecular weight is 272 g/mol. The molecule has 3 heteroatoms. The summed E-state index contributed by atoms with van der Waals surface area (Å²) in [5, 5.41) is 3.01. The Bertz CT molecular complexity index is 474. The Morgan fingerprint density at radius 2 is 1.75 bits per heavy atom. The lowest BCUT2D eigenvalue weighted by Crippen LogP contribution is -2.32. The van der Waals surface area contributed by atoms with Gasteiger partial charge in [-0.3, -0.25) is 4.79 Å². The zero-order valence-corrected chi connectivity index (χ0v) is 12.4. The molecule has 1 amide bonds. The highest BCUT2D eigenvalue weighted by molar-refractivity contribution is 5.94. The molecular weight excluding hydrogens is 248 g/mol. The molecule has 0 bridgehead atoms. The predicted octanol–water partition coefficient (Wildman–Crippen LogP) is 3.52. The highest BCUT2D eigenvalue weighted by atomic mass is 16.2. The van der Waals surface area contributed by atoms with E-state index in [2.05, 4.69) is 36.2 Å². The van der Waals surface area contributed by atoms with Gasteiger partial charge < -0.3 is 10.2 Å². The van der Waals surface area contributed by atoms with Crippen molar-refractivity contribution >= 4 is 17.3 Å². The van der Waals surface area contributed by atoms with Crippen LogP contribution in [0.5, 0.6) is 0 Å². The van der Waals surface area contributed by atoms with Gasteiger partial charge in [0.1, 0.15) is 0 Å². The summed E-state index contributed by atoms with van der Waals surface area (Å²) in [5.74, 6) is 1.82. The van der Waals surface area contributed by atoms with Crippen LogP contribution in [0, 0.1) is 17.8 Å². The van der Waals surface area contributed by atoms with Crippen molar-refractivity contribution in [3.63, 3.8) is 0 Å². The SMILES string of the molecule is CC1CCN(c2ccc(NC(=O)C3CC3C)cc2)CC1. The number of rotatable bonds is 3. The summed E-state index contributed by atoms with van der Waals surface area (Å²) in [6, 6.07) is 8.31. The summed E-state index contributed by atoms with van der Waals surface area (Å²) >= 11 is 0. The second kappa shape index (κ2) is 5.47. The number of hydrogen-bond acceptors (Lipinski definition) is 2. The van der Waals surface area contributed by atoms with E-state index in [9.17, 15) is 4.79 Å². The molecule has 2 unspecified atom stereocenters. The second-order valence-corrected chi connectivity index (χ2v) is 6.53. The molecule has 1 N–H and O–H groups in total. The summed E-state index contributed by atoms with van der Waals surface area (Å²) < 4.78 is 0. The molecule has 0 spiro atoms. The largest absolute Gasteiger partial charge is 0.372 e. The fraction of sp³-hybridized carbons (Fsp3) is 0.588. The maximum absolute atomic E-state index is 11.9. The van der Waals surface area contributed by atoms with E-state index >= 15 is 0 Å². The zero-order chi connectivity index (χ0) is 14.1. The number of amides is 1. The van der Waals surface area contributed by atoms with Crippen LogP contribution in [-0.4, -0.2) is 19.0 Å². The van der Waals surface area contributed by atoms with Crippen LogP contribution in [0.25, 0.3) is 0 Å². The van der Waals surface area contributed by atoms with Gasteiger partial charge in [-0.15, -0.1) is 0 Å². The molecule has 1 aliphatic carbocycles. The molecule has 1 heterocycles. The van der Waals surface area contributed by atoms with Crippen LogP contribution < -0.4 is 10.2 Å². The van der Waals surface area contributed by atoms with Crippen LogP contribution in [-0.2, 0) is 4.79 Å². The first-order chi connectivity index (χ1) is 9.63. The Balaban J connectivity index is 1.58. The Labute approximate surface area is 121 Å². The van der Waals surface area contributed by atoms with Crippen LogP contribution in [0.15, 0.2) is 24.3 Å². The van der Waals surface area contributed by atoms with Crippen LogP contribution in [0.3, 0.4) is 0 Å². The first-order valence-electron chi connectivity index (χ1n) is 7.79. The lowest BCUT2D eigenvalue weighted by atomic mass is 9.99. The first-order valence-corrected chi connectivity index (χ1v) is 7.79. The van der Waals surface area contributed by atoms with E-state index in [-0.39, 0.29) is 11.8 Å². The van der Waals surface area contributed by atoms with Crippen molar-refractivity contribution in [3.05, 3.63) is 24.3 Å². The van der Waals surface area contributed by atoms with Gasteiger partial charge in [-0.25, -0.2) is 0 Å². The quantitative estimate of drug-likeness (QED) is 0.913. The highest BCUT2D eigenvalue weighted by Gasteiger charge is 2.39. The normalized spacial score (nSPS) is 26.4. The zero-order valence-electron chi connectivity index (χ0n) is 12.4. The van der Waals surface area contributed by atoms with Crippen LogP contribution in [0.4, 0.5) is 11.4 Å². The van der Waals surface area contributed by atoms with E-state index in [4.69, 9.17) is 0 Å². The van der Waals surface area contributed by atoms with E-state index in [1.165, 1.54) is 18.5 Å². The number of hydrogen-bond donors (Lipinski definition) is 1. The van der Waals surface area contributed by atoms with Crippen molar-refractivity contribution < 1.29 is 4.79 Å². The number of benzene rings is 1. The molecule has 1 aliphatic heterocycles. The number of piperidine rings is 1. The fourth-order valence-electron chi connectivity index (χ4n) is 2.94. The summed E-state index contributed by atoms with van der Waals surface area (Å²) in [7, 11) is 0. The standard InChI is InChI=1S/C17H24N2O/c1-12-7-9-19(10-8-12)15-5-3-14(4-6-15)18-17(20)16-11-13(16)2/h3-6,12-13,16H,7-11H2,1-2H3,(H,18,20). The van der Waals surface area contributed by atoms with Crippen LogP contribution in [0.2, 0.25) is 0 Å². The molecule has 1 saturated carbocycles. The molecule has 3 rings (SSSR count). The van der Waals surface area contributed by atoms with Crippen molar-refractivity contribution in [1.29, 1.82) is 0 Å². The lowest BCUT2D eigenvalue weighted by molar-refractivity contribution is -0.117. The molecule has 20 heavy (non-hydrogen) atoms. The van der Waals surface area contributed by atoms with Crippen molar-refractivity contribution in [1.82, 2.24) is 0 Å². The van der Waals surface area contributed by atoms with Crippen molar-refractivity contribution in [2.45, 2.75) is 33.1 Å². The molecule has 0 aromatic heterocycles. The summed E-state index contributed by atoms with van der Waals surface area (Å²) in [6.45, 7) is 6.75. The maximum Gasteiger partial charge on any atom is 0.227 e. The van der Waals surface area contributed by atoms with Gasteiger partial charge in [0.15, 0.2) is 0 Å². The molecule has 0 radical (unpaired) electrons. The number of nitrogens with zero attached hydrogens (tertiary/aromatic N) is 1. The number of anilines is 2. The predicted molar refractivity (Wildman–Crippen MR) is 83.0 cm³/mol. The molecule has 2 fully saturated rings. The second-order valence-electron chi connectivity index (χ2n) is 6.53. The Hall–Kier alpha value is -1.51. The molecule has 1 aromatic carbocycles. The van der Waals surface area contributed by atoms with Crippen molar-refractivity contribution in [2.75, 3.05) is 23.3 Å². The van der Waals surface area contributed by atoms with E-state index in [0.29, 0.717) is 5.92 Å². The van der Waals surface area contributed by atoms with E-state index in [1.54, 1.807) is 0 Å². The van der Waals surface area contributed by atoms with Gasteiger partial charge in [-0.05, 0) is 55.4 Å². The Kier molecular flexibility index (Phi) is 3.68. The first kappa shape index (κ1) is 13.5. The molecule has 3 nitrogen and oxygen atoms in total. The summed E-state index contributed by atoms with van der Waals surface area (Å²) in [6.07, 6.45) is 3.59. The Morgan fingerprint density at radius 1 is 1.15 bits per heavy atom. The van der Waals surface area contributed by atoms with Gasteiger partial charge in [0.25, 0.3) is 0 Å². The molecule has 2 atom stereocenters. The minimum atomic E-state index is 0.178. The smallest absolute Gasteiger partial charge is 0.227 e. The van der Waals surface area contributed by atoms with Gasteiger partial charge in [0.05, 0.1) is 0 Å². The average Bonchev–Trinajstić information content (AvgIpc) is 3.18. The van der Waals surface area contributed by atoms with Crippen LogP contribution in [0.1, 0.15) is 33.1 Å². The van der Waals surface area contributed by atoms with E-state index in [0.717, 1.165) is 31.1 Å². The third-order valence-corrected chi connectivity index (χ3v) is 4.73. The molecule has 1 saturated heterocycles. The summed E-state index contributed by atoms with van der Waals surface area (Å²) in [4.78, 5) is 14.3. The van der Waals surface area contributed by atoms with E-state index in [1.807, 2.05) is 12.1 Å². The van der Waals surface area contributed by atoms with Crippen LogP contribution >= 0.6 is 0 Å². The van der Waals surface area contributed by atoms with Gasteiger partial charge in [0, 0.05) is 30.4 Å². The van der Waals surface area contributed by atoms with Gasteiger partial charge in [-0.2, -0.15) is 0 Å². The third kappa shape index (κ3) is 2.97. The topological polar surface area (TPSA) is 32.3 Å². The fourth-order valence-corrected chi connectivity index (χ4v) is 2.94. The van der Waals surface area contributed by atoms with Gasteiger partial charge >= 0.3 is 0 Å².